The Morgan fingerprint density at radius 2 is 1.25 bits per heavy atom. The van der Waals surface area contributed by atoms with Crippen LogP contribution in [-0.2, 0) is 35.1 Å². The topological polar surface area (TPSA) is 0 Å². The summed E-state index contributed by atoms with van der Waals surface area (Å²) >= 11 is 1.51. The molecule has 312 valence electrons. The minimum atomic E-state index is 0. The van der Waals surface area contributed by atoms with Crippen LogP contribution < -0.4 is 24.8 Å². The Morgan fingerprint density at radius 1 is 0.695 bits per heavy atom. The molecule has 0 aliphatic heterocycles. The average molecular weight is 903 g/mol. The SMILES string of the molecule is CC1[C-]=CC(C2(C)C3CC4CC(C3)CC2C4)=C1.C[C](=[Zr+2])c1ccc(C)cc1.Cc1cc(C)c(-c2cc3[cH-]c4ccc(C(C)(C)C)cc4c3cc2C(C)(C)C)c(C)c1.[Cl-].[Cl-]. The summed E-state index contributed by atoms with van der Waals surface area (Å²) < 4.78 is 1.46. The fraction of sp³-hybridized carbons (Fsp3) is 0.464. The molecule has 0 spiro atoms. The van der Waals surface area contributed by atoms with Gasteiger partial charge in [-0.2, -0.15) is 11.6 Å². The van der Waals surface area contributed by atoms with E-state index in [0.29, 0.717) is 11.3 Å². The second kappa shape index (κ2) is 18.1. The van der Waals surface area contributed by atoms with Gasteiger partial charge in [0.2, 0.25) is 0 Å². The summed E-state index contributed by atoms with van der Waals surface area (Å²) in [5.41, 5.74) is 14.7. The molecule has 0 saturated heterocycles. The Bertz CT molecular complexity index is 2320. The average Bonchev–Trinajstić information content (AvgIpc) is 3.72. The maximum atomic E-state index is 3.49. The van der Waals surface area contributed by atoms with Gasteiger partial charge in [-0.1, -0.05) is 108 Å². The van der Waals surface area contributed by atoms with Crippen molar-refractivity contribution in [2.45, 2.75) is 133 Å². The van der Waals surface area contributed by atoms with Crippen molar-refractivity contribution >= 4 is 24.8 Å². The number of hydrogen-bond donors (Lipinski definition) is 0. The molecule has 5 aromatic rings. The molecule has 0 amide bonds. The summed E-state index contributed by atoms with van der Waals surface area (Å²) in [7, 11) is 0. The van der Waals surface area contributed by atoms with Crippen molar-refractivity contribution in [3.05, 3.63) is 136 Å². The summed E-state index contributed by atoms with van der Waals surface area (Å²) in [5, 5.41) is 5.45. The van der Waals surface area contributed by atoms with Crippen LogP contribution in [-0.4, -0.2) is 3.21 Å². The molecular formula is C56H68Cl2Zr-2. The Labute approximate surface area is 385 Å². The number of fused-ring (bicyclic) bond motifs is 3. The standard InChI is InChI=1S/C30H35.C17H23.C9H10.2ClH.Zr/c1-18-12-19(2)28(20(3)13-18)26-15-22-14-21-10-11-23(29(4,5)6)16-24(21)25(22)17-27(26)30(7,8)9;1-11-3-4-14(5-11)17(2)15-7-12-6-13(9-15)10-16(17)8-12;1-3-9-6-4-8(2)5-7-9;;;/h10-17H,1-9H3;4-5,11-13,15-16H,6-10H2,1-2H3;4-7H,1-2H3;2*1H;/q2*-1;;;;+2/p-2. The zero-order chi connectivity index (χ0) is 41.2. The van der Waals surface area contributed by atoms with Crippen LogP contribution in [0.25, 0.3) is 32.7 Å². The summed E-state index contributed by atoms with van der Waals surface area (Å²) in [4.78, 5) is 0. The molecule has 0 aromatic heterocycles. The number of benzene rings is 4. The molecule has 0 nitrogen and oxygen atoms in total. The van der Waals surface area contributed by atoms with E-state index in [0.717, 1.165) is 23.7 Å². The maximum absolute atomic E-state index is 3.49. The van der Waals surface area contributed by atoms with E-state index in [-0.39, 0.29) is 35.6 Å². The predicted octanol–water partition coefficient (Wildman–Crippen LogP) is 9.37. The van der Waals surface area contributed by atoms with Crippen LogP contribution in [0.15, 0.2) is 90.5 Å². The van der Waals surface area contributed by atoms with Gasteiger partial charge in [0.15, 0.2) is 0 Å². The monoisotopic (exact) mass is 900 g/mol. The van der Waals surface area contributed by atoms with Gasteiger partial charge in [0.05, 0.1) is 0 Å². The number of hydrogen-bond acceptors (Lipinski definition) is 0. The number of rotatable bonds is 3. The van der Waals surface area contributed by atoms with Crippen LogP contribution in [0.3, 0.4) is 0 Å². The summed E-state index contributed by atoms with van der Waals surface area (Å²) in [5.74, 6) is 4.68. The van der Waals surface area contributed by atoms with E-state index in [9.17, 15) is 0 Å². The van der Waals surface area contributed by atoms with Gasteiger partial charge in [-0.15, -0.1) is 39.7 Å². The molecule has 59 heavy (non-hydrogen) atoms. The van der Waals surface area contributed by atoms with Crippen LogP contribution in [0.5, 0.6) is 0 Å². The van der Waals surface area contributed by atoms with Crippen LogP contribution in [0.1, 0.15) is 133 Å². The molecule has 1 atom stereocenters. The van der Waals surface area contributed by atoms with Gasteiger partial charge < -0.3 is 24.8 Å². The second-order valence-electron chi connectivity index (χ2n) is 21.0. The Morgan fingerprint density at radius 3 is 1.75 bits per heavy atom. The van der Waals surface area contributed by atoms with Gasteiger partial charge >= 0.3 is 76.7 Å². The molecule has 5 aliphatic rings. The van der Waals surface area contributed by atoms with E-state index in [1.165, 1.54) is 125 Å². The molecule has 3 heteroatoms. The largest absolute Gasteiger partial charge is 1.00 e. The van der Waals surface area contributed by atoms with Crippen molar-refractivity contribution in [3.8, 4) is 11.1 Å². The molecule has 10 rings (SSSR count). The first-order chi connectivity index (χ1) is 26.7. The van der Waals surface area contributed by atoms with Crippen molar-refractivity contribution in [1.29, 1.82) is 0 Å². The van der Waals surface area contributed by atoms with Gasteiger partial charge in [0, 0.05) is 0 Å². The van der Waals surface area contributed by atoms with E-state index in [1.807, 2.05) is 0 Å². The van der Waals surface area contributed by atoms with E-state index in [2.05, 4.69) is 181 Å². The molecule has 4 saturated carbocycles. The molecule has 0 radical (unpaired) electrons. The minimum absolute atomic E-state index is 0. The third-order valence-electron chi connectivity index (χ3n) is 14.3. The predicted molar refractivity (Wildman–Crippen MR) is 245 cm³/mol. The Hall–Kier alpha value is -2.44. The molecule has 0 heterocycles. The molecular weight excluding hydrogens is 835 g/mol. The van der Waals surface area contributed by atoms with Crippen LogP contribution in [0.4, 0.5) is 0 Å². The number of halogens is 2. The Kier molecular flexibility index (Phi) is 14.6. The molecule has 0 N–H and O–H groups in total. The molecule has 5 aromatic carbocycles. The zero-order valence-corrected chi connectivity index (χ0v) is 42.2. The van der Waals surface area contributed by atoms with Crippen LogP contribution >= 0.6 is 0 Å². The Balaban J connectivity index is 0.000000191. The molecule has 4 bridgehead atoms. The summed E-state index contributed by atoms with van der Waals surface area (Å²) in [6, 6.07) is 27.6. The first-order valence-corrected chi connectivity index (χ1v) is 23.2. The third kappa shape index (κ3) is 9.80. The summed E-state index contributed by atoms with van der Waals surface area (Å²) in [6.45, 7) is 29.7. The van der Waals surface area contributed by atoms with Crippen molar-refractivity contribution in [1.82, 2.24) is 0 Å². The van der Waals surface area contributed by atoms with E-state index >= 15 is 0 Å². The van der Waals surface area contributed by atoms with Gasteiger partial charge in [-0.3, -0.25) is 6.08 Å². The maximum Gasteiger partial charge on any atom is -0.0139 e. The van der Waals surface area contributed by atoms with Gasteiger partial charge in [-0.05, 0) is 115 Å². The van der Waals surface area contributed by atoms with Crippen molar-refractivity contribution in [2.75, 3.05) is 0 Å². The number of aryl methyl sites for hydroxylation is 4. The fourth-order valence-corrected chi connectivity index (χ4v) is 11.7. The first-order valence-electron chi connectivity index (χ1n) is 21.9. The van der Waals surface area contributed by atoms with Crippen molar-refractivity contribution < 1.29 is 49.0 Å². The zero-order valence-electron chi connectivity index (χ0n) is 38.3. The quantitative estimate of drug-likeness (QED) is 0.159. The van der Waals surface area contributed by atoms with Crippen molar-refractivity contribution in [2.24, 2.45) is 35.0 Å². The van der Waals surface area contributed by atoms with E-state index in [4.69, 9.17) is 0 Å². The smallest absolute Gasteiger partial charge is 0.0139 e. The third-order valence-corrected chi connectivity index (χ3v) is 15.0. The fourth-order valence-electron chi connectivity index (χ4n) is 11.3. The second-order valence-corrected chi connectivity index (χ2v) is 22.8. The van der Waals surface area contributed by atoms with Gasteiger partial charge in [-0.25, -0.2) is 6.08 Å². The number of allylic oxidation sites excluding steroid dienone is 4. The van der Waals surface area contributed by atoms with Gasteiger partial charge in [0.1, 0.15) is 0 Å². The minimum Gasteiger partial charge on any atom is -1.00 e. The summed E-state index contributed by atoms with van der Waals surface area (Å²) in [6.07, 6.45) is 15.9. The van der Waals surface area contributed by atoms with Crippen LogP contribution in [0.2, 0.25) is 0 Å². The van der Waals surface area contributed by atoms with Gasteiger partial charge in [0.25, 0.3) is 0 Å². The van der Waals surface area contributed by atoms with Crippen LogP contribution in [0, 0.1) is 68.8 Å². The van der Waals surface area contributed by atoms with E-state index in [1.54, 1.807) is 12.0 Å². The normalized spacial score (nSPS) is 24.1. The molecule has 1 unspecified atom stereocenters. The van der Waals surface area contributed by atoms with E-state index < -0.39 is 0 Å². The molecule has 4 fully saturated rings. The van der Waals surface area contributed by atoms with Crippen molar-refractivity contribution in [3.63, 3.8) is 0 Å². The molecule has 5 aliphatic carbocycles. The first kappa shape index (κ1) is 47.6.